The van der Waals surface area contributed by atoms with Gasteiger partial charge in [0, 0.05) is 19.2 Å². The van der Waals surface area contributed by atoms with Crippen molar-refractivity contribution in [3.05, 3.63) is 59.4 Å². The smallest absolute Gasteiger partial charge is 0.136 e. The van der Waals surface area contributed by atoms with Gasteiger partial charge in [-0.3, -0.25) is 0 Å². The lowest BCUT2D eigenvalue weighted by atomic mass is 10.1. The molecule has 1 aliphatic heterocycles. The lowest BCUT2D eigenvalue weighted by Crippen LogP contribution is -2.32. The van der Waals surface area contributed by atoms with E-state index in [1.807, 2.05) is 42.5 Å². The van der Waals surface area contributed by atoms with Crippen LogP contribution in [-0.2, 0) is 17.9 Å². The zero-order valence-corrected chi connectivity index (χ0v) is 14.6. The predicted octanol–water partition coefficient (Wildman–Crippen LogP) is 2.78. The molecule has 0 bridgehead atoms. The summed E-state index contributed by atoms with van der Waals surface area (Å²) in [6, 6.07) is 15.9. The second-order valence-electron chi connectivity index (χ2n) is 6.36. The second kappa shape index (κ2) is 7.16. The van der Waals surface area contributed by atoms with E-state index < -0.39 is 0 Å². The SMILES string of the molecule is COc1ccc2nc3n(c2c1)[C@@H](CNCc1ccc(C#N)cc1)COC3. The first kappa shape index (κ1) is 16.6. The third-order valence-corrected chi connectivity index (χ3v) is 4.67. The molecule has 0 aliphatic carbocycles. The third kappa shape index (κ3) is 3.15. The summed E-state index contributed by atoms with van der Waals surface area (Å²) >= 11 is 0. The standard InChI is InChI=1S/C20H20N4O2/c1-25-17-6-7-18-19(8-17)24-16(12-26-13-20(24)23-18)11-22-10-15-4-2-14(9-21)3-5-15/h2-8,16,22H,10-13H2,1H3/t16-/m0/s1. The molecule has 2 heterocycles. The number of ether oxygens (including phenoxy) is 2. The van der Waals surface area contributed by atoms with Crippen molar-refractivity contribution in [3.8, 4) is 11.8 Å². The third-order valence-electron chi connectivity index (χ3n) is 4.67. The molecule has 26 heavy (non-hydrogen) atoms. The van der Waals surface area contributed by atoms with Gasteiger partial charge in [0.05, 0.1) is 42.4 Å². The van der Waals surface area contributed by atoms with E-state index in [0.29, 0.717) is 18.8 Å². The van der Waals surface area contributed by atoms with E-state index >= 15 is 0 Å². The predicted molar refractivity (Wildman–Crippen MR) is 97.8 cm³/mol. The quantitative estimate of drug-likeness (QED) is 0.768. The Morgan fingerprint density at radius 1 is 1.31 bits per heavy atom. The van der Waals surface area contributed by atoms with Crippen molar-refractivity contribution in [2.75, 3.05) is 20.3 Å². The Balaban J connectivity index is 1.51. The van der Waals surface area contributed by atoms with Gasteiger partial charge < -0.3 is 19.4 Å². The van der Waals surface area contributed by atoms with Crippen molar-refractivity contribution < 1.29 is 9.47 Å². The monoisotopic (exact) mass is 348 g/mol. The molecule has 4 rings (SSSR count). The maximum Gasteiger partial charge on any atom is 0.136 e. The molecule has 0 amide bonds. The first-order chi connectivity index (χ1) is 12.8. The molecule has 6 nitrogen and oxygen atoms in total. The highest BCUT2D eigenvalue weighted by atomic mass is 16.5. The van der Waals surface area contributed by atoms with Gasteiger partial charge in [-0.05, 0) is 29.8 Å². The van der Waals surface area contributed by atoms with Crippen LogP contribution in [0.2, 0.25) is 0 Å². The first-order valence-electron chi connectivity index (χ1n) is 8.61. The second-order valence-corrected chi connectivity index (χ2v) is 6.36. The fourth-order valence-corrected chi connectivity index (χ4v) is 3.35. The lowest BCUT2D eigenvalue weighted by Gasteiger charge is -2.26. The number of imidazole rings is 1. The van der Waals surface area contributed by atoms with Crippen molar-refractivity contribution in [3.63, 3.8) is 0 Å². The fraction of sp³-hybridized carbons (Fsp3) is 0.300. The zero-order valence-electron chi connectivity index (χ0n) is 14.6. The minimum absolute atomic E-state index is 0.175. The van der Waals surface area contributed by atoms with Gasteiger partial charge in [0.25, 0.3) is 0 Å². The number of fused-ring (bicyclic) bond motifs is 3. The summed E-state index contributed by atoms with van der Waals surface area (Å²) in [4.78, 5) is 4.69. The molecule has 6 heteroatoms. The molecule has 3 aromatic rings. The first-order valence-corrected chi connectivity index (χ1v) is 8.61. The number of hydrogen-bond donors (Lipinski definition) is 1. The Morgan fingerprint density at radius 3 is 2.92 bits per heavy atom. The summed E-state index contributed by atoms with van der Waals surface area (Å²) in [6.07, 6.45) is 0. The van der Waals surface area contributed by atoms with Gasteiger partial charge in [-0.15, -0.1) is 0 Å². The van der Waals surface area contributed by atoms with Gasteiger partial charge in [-0.2, -0.15) is 5.26 Å². The number of nitrogens with one attached hydrogen (secondary N) is 1. The van der Waals surface area contributed by atoms with E-state index in [4.69, 9.17) is 14.7 Å². The van der Waals surface area contributed by atoms with E-state index in [2.05, 4.69) is 20.9 Å². The molecule has 0 fully saturated rings. The fourth-order valence-electron chi connectivity index (χ4n) is 3.35. The molecular weight excluding hydrogens is 328 g/mol. The normalized spacial score (nSPS) is 16.2. The van der Waals surface area contributed by atoms with Crippen LogP contribution in [0.15, 0.2) is 42.5 Å². The van der Waals surface area contributed by atoms with Crippen LogP contribution in [0.25, 0.3) is 11.0 Å². The van der Waals surface area contributed by atoms with E-state index in [-0.39, 0.29) is 6.04 Å². The van der Waals surface area contributed by atoms with E-state index in [1.165, 1.54) is 0 Å². The Kier molecular flexibility index (Phi) is 4.57. The van der Waals surface area contributed by atoms with Crippen LogP contribution in [-0.4, -0.2) is 29.8 Å². The van der Waals surface area contributed by atoms with Crippen molar-refractivity contribution in [2.45, 2.75) is 19.2 Å². The molecule has 0 radical (unpaired) electrons. The van der Waals surface area contributed by atoms with Crippen LogP contribution in [0.1, 0.15) is 23.0 Å². The van der Waals surface area contributed by atoms with Gasteiger partial charge >= 0.3 is 0 Å². The van der Waals surface area contributed by atoms with Crippen molar-refractivity contribution in [1.82, 2.24) is 14.9 Å². The summed E-state index contributed by atoms with van der Waals surface area (Å²) in [5, 5.41) is 12.4. The molecule has 1 aromatic heterocycles. The highest BCUT2D eigenvalue weighted by molar-refractivity contribution is 5.78. The Morgan fingerprint density at radius 2 is 2.15 bits per heavy atom. The minimum atomic E-state index is 0.175. The number of hydrogen-bond acceptors (Lipinski definition) is 5. The summed E-state index contributed by atoms with van der Waals surface area (Å²) in [5.74, 6) is 1.78. The molecule has 132 valence electrons. The van der Waals surface area contributed by atoms with E-state index in [9.17, 15) is 0 Å². The van der Waals surface area contributed by atoms with Crippen LogP contribution in [0.4, 0.5) is 0 Å². The molecule has 0 saturated heterocycles. The minimum Gasteiger partial charge on any atom is -0.497 e. The van der Waals surface area contributed by atoms with Crippen LogP contribution >= 0.6 is 0 Å². The van der Waals surface area contributed by atoms with Gasteiger partial charge in [0.2, 0.25) is 0 Å². The van der Waals surface area contributed by atoms with Crippen LogP contribution < -0.4 is 10.1 Å². The Hall–Kier alpha value is -2.88. The summed E-state index contributed by atoms with van der Waals surface area (Å²) in [7, 11) is 1.67. The molecule has 0 spiro atoms. The maximum atomic E-state index is 8.87. The van der Waals surface area contributed by atoms with Gasteiger partial charge in [-0.1, -0.05) is 12.1 Å². The highest BCUT2D eigenvalue weighted by Gasteiger charge is 2.24. The van der Waals surface area contributed by atoms with Crippen molar-refractivity contribution in [1.29, 1.82) is 5.26 Å². The molecule has 2 aromatic carbocycles. The van der Waals surface area contributed by atoms with Crippen molar-refractivity contribution >= 4 is 11.0 Å². The number of nitriles is 1. The van der Waals surface area contributed by atoms with Crippen LogP contribution in [0.5, 0.6) is 5.75 Å². The largest absolute Gasteiger partial charge is 0.497 e. The Bertz CT molecular complexity index is 956. The van der Waals surface area contributed by atoms with Crippen LogP contribution in [0, 0.1) is 11.3 Å². The molecule has 0 saturated carbocycles. The summed E-state index contributed by atoms with van der Waals surface area (Å²) in [6.45, 7) is 2.70. The van der Waals surface area contributed by atoms with E-state index in [1.54, 1.807) is 7.11 Å². The summed E-state index contributed by atoms with van der Waals surface area (Å²) < 4.78 is 13.4. The Labute approximate surface area is 152 Å². The molecular formula is C20H20N4O2. The molecule has 0 unspecified atom stereocenters. The van der Waals surface area contributed by atoms with Crippen LogP contribution in [0.3, 0.4) is 0 Å². The maximum absolute atomic E-state index is 8.87. The highest BCUT2D eigenvalue weighted by Crippen LogP contribution is 2.28. The number of nitrogens with zero attached hydrogens (tertiary/aromatic N) is 3. The number of rotatable bonds is 5. The number of aromatic nitrogens is 2. The zero-order chi connectivity index (χ0) is 17.9. The average Bonchev–Trinajstić information content (AvgIpc) is 3.07. The van der Waals surface area contributed by atoms with E-state index in [0.717, 1.165) is 41.3 Å². The molecule has 1 atom stereocenters. The number of methoxy groups -OCH3 is 1. The lowest BCUT2D eigenvalue weighted by molar-refractivity contribution is 0.0564. The van der Waals surface area contributed by atoms with Crippen molar-refractivity contribution in [2.24, 2.45) is 0 Å². The average molecular weight is 348 g/mol. The van der Waals surface area contributed by atoms with Gasteiger partial charge in [-0.25, -0.2) is 4.98 Å². The van der Waals surface area contributed by atoms with Gasteiger partial charge in [0.1, 0.15) is 18.2 Å². The number of benzene rings is 2. The molecule has 1 N–H and O–H groups in total. The van der Waals surface area contributed by atoms with Gasteiger partial charge in [0.15, 0.2) is 0 Å². The molecule has 1 aliphatic rings. The topological polar surface area (TPSA) is 72.1 Å². The summed E-state index contributed by atoms with van der Waals surface area (Å²) in [5.41, 5.74) is 3.87.